The molecule has 9 nitrogen and oxygen atoms in total. The first kappa shape index (κ1) is 19.4. The van der Waals surface area contributed by atoms with Crippen molar-refractivity contribution in [1.82, 2.24) is 9.80 Å². The summed E-state index contributed by atoms with van der Waals surface area (Å²) in [5.41, 5.74) is 0.805. The van der Waals surface area contributed by atoms with Crippen LogP contribution >= 0.6 is 0 Å². The van der Waals surface area contributed by atoms with Crippen LogP contribution in [0.15, 0.2) is 12.1 Å². The lowest BCUT2D eigenvalue weighted by Crippen LogP contribution is -2.38. The number of amides is 2. The maximum Gasteiger partial charge on any atom is 0.311 e. The minimum Gasteiger partial charge on any atom is -0.490 e. The fourth-order valence-corrected chi connectivity index (χ4v) is 1.98. The van der Waals surface area contributed by atoms with E-state index in [9.17, 15) is 19.7 Å². The third-order valence-electron chi connectivity index (χ3n) is 3.31. The molecule has 0 aromatic heterocycles. The molecule has 1 aromatic carbocycles. The van der Waals surface area contributed by atoms with Crippen LogP contribution in [0.2, 0.25) is 0 Å². The van der Waals surface area contributed by atoms with Gasteiger partial charge in [0.25, 0.3) is 0 Å². The number of nitro benzene ring substituents is 1. The summed E-state index contributed by atoms with van der Waals surface area (Å²) < 4.78 is 4.99. The Morgan fingerprint density at radius 1 is 1.25 bits per heavy atom. The van der Waals surface area contributed by atoms with E-state index in [-0.39, 0.29) is 36.3 Å². The molecule has 24 heavy (non-hydrogen) atoms. The highest BCUT2D eigenvalue weighted by molar-refractivity contribution is 5.93. The van der Waals surface area contributed by atoms with Gasteiger partial charge in [0.05, 0.1) is 25.1 Å². The third kappa shape index (κ3) is 5.20. The molecule has 0 spiro atoms. The van der Waals surface area contributed by atoms with Crippen LogP contribution in [0.25, 0.3) is 0 Å². The molecule has 9 heteroatoms. The van der Waals surface area contributed by atoms with Crippen LogP contribution in [0.4, 0.5) is 11.4 Å². The van der Waals surface area contributed by atoms with Crippen LogP contribution in [0.3, 0.4) is 0 Å². The maximum atomic E-state index is 12.1. The second kappa shape index (κ2) is 8.25. The fourth-order valence-electron chi connectivity index (χ4n) is 1.98. The number of aryl methyl sites for hydroxylation is 1. The number of ether oxygens (including phenoxy) is 1. The lowest BCUT2D eigenvalue weighted by molar-refractivity contribution is -0.385. The van der Waals surface area contributed by atoms with Crippen LogP contribution in [-0.2, 0) is 9.59 Å². The quantitative estimate of drug-likeness (QED) is 0.584. The summed E-state index contributed by atoms with van der Waals surface area (Å²) in [5, 5.41) is 13.6. The van der Waals surface area contributed by atoms with Crippen molar-refractivity contribution in [3.8, 4) is 5.75 Å². The average molecular weight is 338 g/mol. The van der Waals surface area contributed by atoms with E-state index in [1.165, 1.54) is 24.1 Å². The number of carbonyl (C=O) groups excluding carboxylic acids is 2. The van der Waals surface area contributed by atoms with Crippen LogP contribution in [0, 0.1) is 17.0 Å². The lowest BCUT2D eigenvalue weighted by Gasteiger charge is -2.19. The lowest BCUT2D eigenvalue weighted by atomic mass is 10.1. The minimum absolute atomic E-state index is 0.0122. The molecule has 0 saturated heterocycles. The Balaban J connectivity index is 2.80. The van der Waals surface area contributed by atoms with E-state index in [1.807, 2.05) is 0 Å². The van der Waals surface area contributed by atoms with Crippen molar-refractivity contribution in [2.24, 2.45) is 0 Å². The number of likely N-dealkylation sites (N-methyl/N-ethyl adjacent to an activating group) is 2. The van der Waals surface area contributed by atoms with Gasteiger partial charge in [-0.15, -0.1) is 0 Å². The number of carbonyl (C=O) groups is 2. The molecule has 132 valence electrons. The monoisotopic (exact) mass is 338 g/mol. The molecule has 0 bridgehead atoms. The van der Waals surface area contributed by atoms with E-state index in [2.05, 4.69) is 5.32 Å². The Hall–Kier alpha value is -2.68. The van der Waals surface area contributed by atoms with Gasteiger partial charge in [-0.1, -0.05) is 0 Å². The van der Waals surface area contributed by atoms with Crippen molar-refractivity contribution >= 4 is 23.2 Å². The van der Waals surface area contributed by atoms with Crippen molar-refractivity contribution in [1.29, 1.82) is 0 Å². The molecular weight excluding hydrogens is 316 g/mol. The Bertz CT molecular complexity index is 645. The predicted molar refractivity (Wildman–Crippen MR) is 89.2 cm³/mol. The average Bonchev–Trinajstić information content (AvgIpc) is 2.48. The zero-order chi connectivity index (χ0) is 18.4. The summed E-state index contributed by atoms with van der Waals surface area (Å²) in [6.45, 7) is 1.78. The zero-order valence-corrected chi connectivity index (χ0v) is 14.5. The largest absolute Gasteiger partial charge is 0.490 e. The Morgan fingerprint density at radius 2 is 1.88 bits per heavy atom. The first-order valence-electron chi connectivity index (χ1n) is 7.17. The molecule has 0 heterocycles. The summed E-state index contributed by atoms with van der Waals surface area (Å²) in [7, 11) is 6.26. The Kier molecular flexibility index (Phi) is 6.66. The molecule has 1 N–H and O–H groups in total. The molecule has 0 fully saturated rings. The van der Waals surface area contributed by atoms with Gasteiger partial charge in [-0.25, -0.2) is 0 Å². The van der Waals surface area contributed by atoms with Crippen molar-refractivity contribution in [2.45, 2.75) is 6.92 Å². The zero-order valence-electron chi connectivity index (χ0n) is 14.5. The van der Waals surface area contributed by atoms with Gasteiger partial charge in [0, 0.05) is 31.9 Å². The number of hydrogen-bond donors (Lipinski definition) is 1. The normalized spacial score (nSPS) is 10.4. The van der Waals surface area contributed by atoms with E-state index in [0.29, 0.717) is 11.3 Å². The Labute approximate surface area is 140 Å². The number of hydrogen-bond acceptors (Lipinski definition) is 6. The van der Waals surface area contributed by atoms with Crippen LogP contribution < -0.4 is 10.1 Å². The van der Waals surface area contributed by atoms with Gasteiger partial charge < -0.3 is 15.0 Å². The second-order valence-electron chi connectivity index (χ2n) is 5.60. The highest BCUT2D eigenvalue weighted by atomic mass is 16.6. The molecule has 2 amide bonds. The summed E-state index contributed by atoms with van der Waals surface area (Å²) >= 11 is 0. The molecule has 0 atom stereocenters. The van der Waals surface area contributed by atoms with Gasteiger partial charge in [-0.05, 0) is 19.5 Å². The molecular formula is C15H22N4O5. The van der Waals surface area contributed by atoms with Gasteiger partial charge >= 0.3 is 5.69 Å². The van der Waals surface area contributed by atoms with E-state index in [4.69, 9.17) is 4.74 Å². The smallest absolute Gasteiger partial charge is 0.311 e. The topological polar surface area (TPSA) is 105 Å². The standard InChI is InChI=1S/C15H22N4O5/c1-10-6-12(19(22)23)13(24-5)7-11(10)16-14(20)8-18(4)9-15(21)17(2)3/h6-7H,8-9H2,1-5H3,(H,16,20). The first-order valence-corrected chi connectivity index (χ1v) is 7.17. The highest BCUT2D eigenvalue weighted by Crippen LogP contribution is 2.32. The number of benzene rings is 1. The first-order chi connectivity index (χ1) is 11.1. The summed E-state index contributed by atoms with van der Waals surface area (Å²) in [5.74, 6) is -0.376. The predicted octanol–water partition coefficient (Wildman–Crippen LogP) is 0.870. The van der Waals surface area contributed by atoms with Crippen molar-refractivity contribution in [2.75, 3.05) is 46.7 Å². The molecule has 0 saturated carbocycles. The van der Waals surface area contributed by atoms with Crippen LogP contribution in [0.1, 0.15) is 5.56 Å². The second-order valence-corrected chi connectivity index (χ2v) is 5.60. The molecule has 1 rings (SSSR count). The molecule has 0 aliphatic carbocycles. The third-order valence-corrected chi connectivity index (χ3v) is 3.31. The van der Waals surface area contributed by atoms with Crippen LogP contribution in [0.5, 0.6) is 5.75 Å². The van der Waals surface area contributed by atoms with E-state index in [0.717, 1.165) is 0 Å². The molecule has 1 aromatic rings. The van der Waals surface area contributed by atoms with Gasteiger partial charge in [0.2, 0.25) is 11.8 Å². The fraction of sp³-hybridized carbons (Fsp3) is 0.467. The number of rotatable bonds is 7. The van der Waals surface area contributed by atoms with Crippen molar-refractivity contribution < 1.29 is 19.2 Å². The summed E-state index contributed by atoms with van der Waals surface area (Å²) in [6, 6.07) is 2.75. The van der Waals surface area contributed by atoms with Crippen molar-refractivity contribution in [3.63, 3.8) is 0 Å². The minimum atomic E-state index is -0.544. The van der Waals surface area contributed by atoms with Gasteiger partial charge in [-0.3, -0.25) is 24.6 Å². The molecule has 0 aliphatic rings. The number of methoxy groups -OCH3 is 1. The Morgan fingerprint density at radius 3 is 2.38 bits per heavy atom. The van der Waals surface area contributed by atoms with Gasteiger partial charge in [0.15, 0.2) is 5.75 Å². The molecule has 0 unspecified atom stereocenters. The molecule has 0 aliphatic heterocycles. The SMILES string of the molecule is COc1cc(NC(=O)CN(C)CC(=O)N(C)C)c(C)cc1[N+](=O)[O-]. The van der Waals surface area contributed by atoms with Crippen LogP contribution in [-0.4, -0.2) is 67.9 Å². The summed E-state index contributed by atoms with van der Waals surface area (Å²) in [6.07, 6.45) is 0. The number of nitrogens with one attached hydrogen (secondary N) is 1. The molecule has 0 radical (unpaired) electrons. The highest BCUT2D eigenvalue weighted by Gasteiger charge is 2.19. The van der Waals surface area contributed by atoms with E-state index in [1.54, 1.807) is 33.0 Å². The van der Waals surface area contributed by atoms with E-state index < -0.39 is 4.92 Å². The summed E-state index contributed by atoms with van der Waals surface area (Å²) in [4.78, 5) is 37.1. The number of nitrogens with zero attached hydrogens (tertiary/aromatic N) is 3. The number of nitro groups is 1. The van der Waals surface area contributed by atoms with Crippen molar-refractivity contribution in [3.05, 3.63) is 27.8 Å². The van der Waals surface area contributed by atoms with Gasteiger partial charge in [-0.2, -0.15) is 0 Å². The number of anilines is 1. The maximum absolute atomic E-state index is 12.1. The van der Waals surface area contributed by atoms with E-state index >= 15 is 0 Å². The van der Waals surface area contributed by atoms with Gasteiger partial charge in [0.1, 0.15) is 0 Å².